The lowest BCUT2D eigenvalue weighted by Crippen LogP contribution is -2.43. The molecule has 0 unspecified atom stereocenters. The summed E-state index contributed by atoms with van der Waals surface area (Å²) in [6.45, 7) is 5.42. The molecule has 1 aliphatic heterocycles. The lowest BCUT2D eigenvalue weighted by molar-refractivity contribution is -0.126. The highest BCUT2D eigenvalue weighted by Gasteiger charge is 2.35. The number of ether oxygens (including phenoxy) is 1. The maximum atomic E-state index is 13.0. The number of anilines is 1. The molecule has 4 rings (SSSR count). The highest BCUT2D eigenvalue weighted by molar-refractivity contribution is 7.17. The lowest BCUT2D eigenvalue weighted by Gasteiger charge is -2.25. The second-order valence-electron chi connectivity index (χ2n) is 7.24. The molecule has 2 aromatic carbocycles. The van der Waals surface area contributed by atoms with Crippen LogP contribution in [0.15, 0.2) is 54.6 Å². The third-order valence-electron chi connectivity index (χ3n) is 5.08. The Balaban J connectivity index is 1.50. The number of aryl methyl sites for hydroxylation is 1. The van der Waals surface area contributed by atoms with Crippen molar-refractivity contribution in [1.29, 1.82) is 0 Å². The van der Waals surface area contributed by atoms with Gasteiger partial charge in [-0.25, -0.2) is 9.78 Å². The van der Waals surface area contributed by atoms with E-state index in [9.17, 15) is 9.59 Å². The summed E-state index contributed by atoms with van der Waals surface area (Å²) >= 11 is 1.29. The molecule has 2 heterocycles. The molecule has 29 heavy (non-hydrogen) atoms. The zero-order chi connectivity index (χ0) is 20.5. The molecule has 0 radical (unpaired) electrons. The van der Waals surface area contributed by atoms with Crippen molar-refractivity contribution in [3.05, 3.63) is 70.7 Å². The van der Waals surface area contributed by atoms with Crippen LogP contribution in [0.5, 0.6) is 0 Å². The van der Waals surface area contributed by atoms with E-state index in [0.717, 1.165) is 28.2 Å². The molecule has 0 aliphatic carbocycles. The first kappa shape index (κ1) is 19.3. The van der Waals surface area contributed by atoms with Gasteiger partial charge >= 0.3 is 5.97 Å². The number of rotatable bonds is 4. The van der Waals surface area contributed by atoms with E-state index in [2.05, 4.69) is 4.98 Å². The van der Waals surface area contributed by atoms with Gasteiger partial charge in [-0.2, -0.15) is 0 Å². The molecule has 0 N–H and O–H groups in total. The zero-order valence-electron chi connectivity index (χ0n) is 16.6. The minimum absolute atomic E-state index is 0.0378. The Morgan fingerprint density at radius 1 is 1.14 bits per heavy atom. The summed E-state index contributed by atoms with van der Waals surface area (Å²) in [5, 5.41) is 0.760. The van der Waals surface area contributed by atoms with Crippen LogP contribution in [0.2, 0.25) is 0 Å². The average molecular weight is 407 g/mol. The van der Waals surface area contributed by atoms with E-state index in [4.69, 9.17) is 4.74 Å². The number of amides is 1. The monoisotopic (exact) mass is 406 g/mol. The average Bonchev–Trinajstić information content (AvgIpc) is 3.27. The fourth-order valence-corrected chi connectivity index (χ4v) is 4.61. The summed E-state index contributed by atoms with van der Waals surface area (Å²) in [4.78, 5) is 32.4. The molecule has 1 amide bonds. The number of thiazole rings is 1. The minimum Gasteiger partial charge on any atom is -0.448 e. The molecule has 5 nitrogen and oxygen atoms in total. The SMILES string of the molecule is Cc1nc(-c2ccccc2)sc1C(=O)O[C@@H](C)C(=O)N1c2ccccc2C[C@@H]1C. The van der Waals surface area contributed by atoms with E-state index in [-0.39, 0.29) is 11.9 Å². The second-order valence-corrected chi connectivity index (χ2v) is 8.24. The van der Waals surface area contributed by atoms with Gasteiger partial charge in [-0.05, 0) is 38.8 Å². The van der Waals surface area contributed by atoms with Crippen molar-refractivity contribution in [2.75, 3.05) is 4.90 Å². The largest absolute Gasteiger partial charge is 0.448 e. The van der Waals surface area contributed by atoms with E-state index in [1.54, 1.807) is 18.7 Å². The van der Waals surface area contributed by atoms with Crippen LogP contribution in [0.4, 0.5) is 5.69 Å². The van der Waals surface area contributed by atoms with Gasteiger partial charge < -0.3 is 9.64 Å². The van der Waals surface area contributed by atoms with Gasteiger partial charge in [0, 0.05) is 17.3 Å². The first-order valence-corrected chi connectivity index (χ1v) is 10.4. The number of carbonyl (C=O) groups excluding carboxylic acids is 2. The van der Waals surface area contributed by atoms with Crippen LogP contribution in [-0.4, -0.2) is 29.0 Å². The Morgan fingerprint density at radius 2 is 1.83 bits per heavy atom. The maximum Gasteiger partial charge on any atom is 0.351 e. The molecule has 0 spiro atoms. The number of carbonyl (C=O) groups is 2. The van der Waals surface area contributed by atoms with Crippen LogP contribution in [0.1, 0.15) is 34.8 Å². The smallest absolute Gasteiger partial charge is 0.351 e. The second kappa shape index (κ2) is 7.79. The van der Waals surface area contributed by atoms with Crippen LogP contribution in [0.3, 0.4) is 0 Å². The van der Waals surface area contributed by atoms with Crippen LogP contribution in [-0.2, 0) is 16.0 Å². The van der Waals surface area contributed by atoms with Gasteiger partial charge in [0.05, 0.1) is 5.69 Å². The number of hydrogen-bond acceptors (Lipinski definition) is 5. The van der Waals surface area contributed by atoms with E-state index in [1.165, 1.54) is 11.3 Å². The van der Waals surface area contributed by atoms with Gasteiger partial charge in [0.2, 0.25) is 0 Å². The topological polar surface area (TPSA) is 59.5 Å². The molecule has 0 fully saturated rings. The summed E-state index contributed by atoms with van der Waals surface area (Å²) in [7, 11) is 0. The Kier molecular flexibility index (Phi) is 5.20. The fraction of sp³-hybridized carbons (Fsp3) is 0.261. The molecule has 0 saturated carbocycles. The lowest BCUT2D eigenvalue weighted by atomic mass is 10.1. The molecule has 2 atom stereocenters. The maximum absolute atomic E-state index is 13.0. The number of esters is 1. The van der Waals surface area contributed by atoms with Crippen molar-refractivity contribution < 1.29 is 14.3 Å². The Bertz CT molecular complexity index is 1060. The third-order valence-corrected chi connectivity index (χ3v) is 6.27. The summed E-state index contributed by atoms with van der Waals surface area (Å²) in [5.74, 6) is -0.718. The van der Waals surface area contributed by atoms with Crippen molar-refractivity contribution >= 4 is 28.9 Å². The van der Waals surface area contributed by atoms with Gasteiger partial charge in [0.15, 0.2) is 6.10 Å². The molecule has 6 heteroatoms. The molecular weight excluding hydrogens is 384 g/mol. The highest BCUT2D eigenvalue weighted by atomic mass is 32.1. The van der Waals surface area contributed by atoms with Gasteiger partial charge in [-0.3, -0.25) is 4.79 Å². The van der Waals surface area contributed by atoms with Crippen molar-refractivity contribution in [2.45, 2.75) is 39.3 Å². The molecule has 1 aliphatic rings. The van der Waals surface area contributed by atoms with E-state index in [1.807, 2.05) is 61.5 Å². The zero-order valence-corrected chi connectivity index (χ0v) is 17.4. The highest BCUT2D eigenvalue weighted by Crippen LogP contribution is 2.33. The van der Waals surface area contributed by atoms with Crippen LogP contribution < -0.4 is 4.90 Å². The summed E-state index contributed by atoms with van der Waals surface area (Å²) in [5.41, 5.74) is 3.59. The quantitative estimate of drug-likeness (QED) is 0.592. The van der Waals surface area contributed by atoms with Gasteiger partial charge in [-0.15, -0.1) is 11.3 Å². The van der Waals surface area contributed by atoms with Crippen molar-refractivity contribution in [3.63, 3.8) is 0 Å². The van der Waals surface area contributed by atoms with E-state index in [0.29, 0.717) is 10.6 Å². The van der Waals surface area contributed by atoms with Crippen molar-refractivity contribution in [2.24, 2.45) is 0 Å². The molecule has 0 bridgehead atoms. The van der Waals surface area contributed by atoms with Gasteiger partial charge in [0.1, 0.15) is 9.88 Å². The first-order valence-electron chi connectivity index (χ1n) is 9.60. The Hall–Kier alpha value is -2.99. The number of aromatic nitrogens is 1. The predicted molar refractivity (Wildman–Crippen MR) is 114 cm³/mol. The van der Waals surface area contributed by atoms with Gasteiger partial charge in [0.25, 0.3) is 5.91 Å². The minimum atomic E-state index is -0.877. The van der Waals surface area contributed by atoms with E-state index >= 15 is 0 Å². The van der Waals surface area contributed by atoms with Crippen LogP contribution >= 0.6 is 11.3 Å². The van der Waals surface area contributed by atoms with E-state index < -0.39 is 12.1 Å². The van der Waals surface area contributed by atoms with Crippen molar-refractivity contribution in [3.8, 4) is 10.6 Å². The van der Waals surface area contributed by atoms with Crippen molar-refractivity contribution in [1.82, 2.24) is 4.98 Å². The standard InChI is InChI=1S/C23H22N2O3S/c1-14-13-18-11-7-8-12-19(18)25(14)22(26)16(3)28-23(27)20-15(2)24-21(29-20)17-9-5-4-6-10-17/h4-12,14,16H,13H2,1-3H3/t14-,16-/m0/s1. The van der Waals surface area contributed by atoms with Crippen LogP contribution in [0.25, 0.3) is 10.6 Å². The summed E-state index contributed by atoms with van der Waals surface area (Å²) < 4.78 is 5.54. The molecular formula is C23H22N2O3S. The predicted octanol–water partition coefficient (Wildman–Crippen LogP) is 4.64. The van der Waals surface area contributed by atoms with Gasteiger partial charge in [-0.1, -0.05) is 48.5 Å². The molecule has 3 aromatic rings. The molecule has 0 saturated heterocycles. The number of hydrogen-bond donors (Lipinski definition) is 0. The fourth-order valence-electron chi connectivity index (χ4n) is 3.65. The third kappa shape index (κ3) is 3.68. The number of para-hydroxylation sites is 1. The Labute approximate surface area is 174 Å². The summed E-state index contributed by atoms with van der Waals surface area (Å²) in [6, 6.07) is 17.6. The summed E-state index contributed by atoms with van der Waals surface area (Å²) in [6.07, 6.45) is -0.0745. The Morgan fingerprint density at radius 3 is 2.59 bits per heavy atom. The molecule has 1 aromatic heterocycles. The number of fused-ring (bicyclic) bond motifs is 1. The molecule has 148 valence electrons. The first-order chi connectivity index (χ1) is 14.0. The van der Waals surface area contributed by atoms with Crippen LogP contribution in [0, 0.1) is 6.92 Å². The normalized spacial score (nSPS) is 16.4. The number of benzene rings is 2. The number of nitrogens with zero attached hydrogens (tertiary/aromatic N) is 2.